The highest BCUT2D eigenvalue weighted by atomic mass is 35.5. The smallest absolute Gasteiger partial charge is 0.390 e. The summed E-state index contributed by atoms with van der Waals surface area (Å²) >= 11 is 6.13. The minimum absolute atomic E-state index is 0.122. The lowest BCUT2D eigenvalue weighted by Gasteiger charge is -2.37. The Morgan fingerprint density at radius 2 is 1.68 bits per heavy atom. The summed E-state index contributed by atoms with van der Waals surface area (Å²) < 4.78 is 67.2. The lowest BCUT2D eigenvalue weighted by atomic mass is 10.1. The number of rotatable bonds is 10. The van der Waals surface area contributed by atoms with Gasteiger partial charge >= 0.3 is 12.2 Å². The number of carbonyl (C=O) groups excluding carboxylic acids is 2. The first-order chi connectivity index (χ1) is 18.9. The fourth-order valence-corrected chi connectivity index (χ4v) is 4.19. The molecule has 40 heavy (non-hydrogen) atoms. The first kappa shape index (κ1) is 31.3. The molecule has 5 N–H and O–H groups in total. The zero-order chi connectivity index (χ0) is 29.4. The predicted molar refractivity (Wildman–Crippen MR) is 138 cm³/mol. The van der Waals surface area contributed by atoms with Crippen molar-refractivity contribution in [3.63, 3.8) is 0 Å². The van der Waals surface area contributed by atoms with E-state index in [0.29, 0.717) is 36.9 Å². The molecule has 2 aromatic rings. The molecule has 220 valence electrons. The average molecular weight is 594 g/mol. The summed E-state index contributed by atoms with van der Waals surface area (Å²) in [7, 11) is 0. The van der Waals surface area contributed by atoms with Crippen LogP contribution in [0.2, 0.25) is 5.02 Å². The summed E-state index contributed by atoms with van der Waals surface area (Å²) in [6.45, 7) is -0.185. The van der Waals surface area contributed by atoms with E-state index in [4.69, 9.17) is 21.8 Å². The first-order valence-corrected chi connectivity index (χ1v) is 12.7. The minimum atomic E-state index is -4.25. The molecule has 3 rings (SSSR count). The summed E-state index contributed by atoms with van der Waals surface area (Å²) in [6.07, 6.45) is -5.16. The number of nitrogens with zero attached hydrogens (tertiary/aromatic N) is 2. The van der Waals surface area contributed by atoms with E-state index in [-0.39, 0.29) is 17.8 Å². The van der Waals surface area contributed by atoms with Crippen molar-refractivity contribution in [2.24, 2.45) is 0 Å². The van der Waals surface area contributed by atoms with Crippen LogP contribution < -0.4 is 20.9 Å². The normalized spacial score (nSPS) is 14.4. The summed E-state index contributed by atoms with van der Waals surface area (Å²) in [6, 6.07) is 4.98. The van der Waals surface area contributed by atoms with Crippen molar-refractivity contribution in [3.8, 4) is 0 Å². The number of nitrogens with one attached hydrogen (secondary N) is 3. The van der Waals surface area contributed by atoms with Crippen LogP contribution in [-0.2, 0) is 6.54 Å². The van der Waals surface area contributed by atoms with Gasteiger partial charge in [-0.2, -0.15) is 13.2 Å². The molecule has 3 amide bonds. The fourth-order valence-electron chi connectivity index (χ4n) is 4.02. The SMILES string of the molecule is O=C(NCc1ccc(C(=O)Nc2ccc(Cl)cc2N2CCN(CCC(F)(F)F)CC2)c(F)c1F)NC(CO)CO. The van der Waals surface area contributed by atoms with Crippen molar-refractivity contribution in [1.29, 1.82) is 0 Å². The quantitative estimate of drug-likeness (QED) is 0.270. The van der Waals surface area contributed by atoms with Gasteiger partial charge in [0.15, 0.2) is 11.6 Å². The second kappa shape index (κ2) is 13.9. The molecule has 1 aliphatic rings. The highest BCUT2D eigenvalue weighted by Gasteiger charge is 2.29. The van der Waals surface area contributed by atoms with Crippen LogP contribution in [0.4, 0.5) is 38.1 Å². The summed E-state index contributed by atoms with van der Waals surface area (Å²) in [5, 5.41) is 25.4. The number of amides is 3. The van der Waals surface area contributed by atoms with Gasteiger partial charge in [-0.15, -0.1) is 0 Å². The third kappa shape index (κ3) is 8.65. The summed E-state index contributed by atoms with van der Waals surface area (Å²) in [4.78, 5) is 28.2. The Hall–Kier alpha value is -3.20. The number of halogens is 6. The maximum absolute atomic E-state index is 14.8. The van der Waals surface area contributed by atoms with Crippen LogP contribution >= 0.6 is 11.6 Å². The minimum Gasteiger partial charge on any atom is -0.394 e. The number of aliphatic hydroxyl groups excluding tert-OH is 2. The Bertz CT molecular complexity index is 1190. The number of aliphatic hydroxyl groups is 2. The van der Waals surface area contributed by atoms with Crippen molar-refractivity contribution in [2.45, 2.75) is 25.2 Å². The molecule has 0 bridgehead atoms. The van der Waals surface area contributed by atoms with Crippen LogP contribution in [0, 0.1) is 11.6 Å². The van der Waals surface area contributed by atoms with E-state index >= 15 is 0 Å². The number of anilines is 2. The number of piperazine rings is 1. The Labute approximate surface area is 231 Å². The summed E-state index contributed by atoms with van der Waals surface area (Å²) in [5.41, 5.74) is -0.107. The van der Waals surface area contributed by atoms with Crippen molar-refractivity contribution in [1.82, 2.24) is 15.5 Å². The molecule has 1 heterocycles. The number of hydrogen-bond acceptors (Lipinski definition) is 6. The number of carbonyl (C=O) groups is 2. The van der Waals surface area contributed by atoms with E-state index in [2.05, 4.69) is 16.0 Å². The lowest BCUT2D eigenvalue weighted by molar-refractivity contribution is -0.138. The largest absolute Gasteiger partial charge is 0.394 e. The standard InChI is InChI=1S/C25H29ClF5N5O4/c26-16-2-4-19(20(11-16)36-9-7-35(8-10-36)6-5-25(29,30)31)34-23(39)18-3-1-15(21(27)22(18)28)12-32-24(40)33-17(13-37)14-38/h1-4,11,17,37-38H,5-10,12-14H2,(H,34,39)(H2,32,33,40). The van der Waals surface area contributed by atoms with Gasteiger partial charge in [-0.1, -0.05) is 17.7 Å². The molecule has 0 radical (unpaired) electrons. The Kier molecular flexibility index (Phi) is 10.9. The van der Waals surface area contributed by atoms with E-state index in [9.17, 15) is 31.5 Å². The molecular formula is C25H29ClF5N5O4. The van der Waals surface area contributed by atoms with Crippen molar-refractivity contribution < 1.29 is 41.8 Å². The van der Waals surface area contributed by atoms with Gasteiger partial charge < -0.3 is 31.1 Å². The molecule has 1 saturated heterocycles. The third-order valence-corrected chi connectivity index (χ3v) is 6.49. The molecule has 0 saturated carbocycles. The highest BCUT2D eigenvalue weighted by molar-refractivity contribution is 6.31. The first-order valence-electron chi connectivity index (χ1n) is 12.3. The summed E-state index contributed by atoms with van der Waals surface area (Å²) in [5.74, 6) is -3.73. The maximum Gasteiger partial charge on any atom is 0.390 e. The second-order valence-electron chi connectivity index (χ2n) is 9.10. The van der Waals surface area contributed by atoms with Gasteiger partial charge in [0.1, 0.15) is 0 Å². The van der Waals surface area contributed by atoms with E-state index in [1.807, 2.05) is 4.90 Å². The molecular weight excluding hydrogens is 565 g/mol. The van der Waals surface area contributed by atoms with Gasteiger partial charge in [-0.05, 0) is 24.3 Å². The molecule has 0 spiro atoms. The molecule has 2 aromatic carbocycles. The predicted octanol–water partition coefficient (Wildman–Crippen LogP) is 3.10. The van der Waals surface area contributed by atoms with Crippen LogP contribution in [0.15, 0.2) is 30.3 Å². The van der Waals surface area contributed by atoms with E-state index in [0.717, 1.165) is 12.1 Å². The monoisotopic (exact) mass is 593 g/mol. The van der Waals surface area contributed by atoms with Gasteiger partial charge in [0.25, 0.3) is 5.91 Å². The fraction of sp³-hybridized carbons (Fsp3) is 0.440. The van der Waals surface area contributed by atoms with Crippen molar-refractivity contribution in [2.75, 3.05) is 56.2 Å². The van der Waals surface area contributed by atoms with Crippen LogP contribution in [0.5, 0.6) is 0 Å². The molecule has 1 fully saturated rings. The van der Waals surface area contributed by atoms with Gasteiger partial charge in [0.2, 0.25) is 0 Å². The number of alkyl halides is 3. The second-order valence-corrected chi connectivity index (χ2v) is 9.54. The Balaban J connectivity index is 1.67. The topological polar surface area (TPSA) is 117 Å². The lowest BCUT2D eigenvalue weighted by Crippen LogP contribution is -2.47. The molecule has 0 aromatic heterocycles. The zero-order valence-corrected chi connectivity index (χ0v) is 22.0. The van der Waals surface area contributed by atoms with E-state index in [1.54, 1.807) is 11.0 Å². The van der Waals surface area contributed by atoms with Gasteiger partial charge in [-0.25, -0.2) is 13.6 Å². The highest BCUT2D eigenvalue weighted by Crippen LogP contribution is 2.31. The van der Waals surface area contributed by atoms with Crippen LogP contribution in [0.25, 0.3) is 0 Å². The average Bonchev–Trinajstić information content (AvgIpc) is 2.92. The van der Waals surface area contributed by atoms with Gasteiger partial charge in [-0.3, -0.25) is 9.69 Å². The molecule has 9 nitrogen and oxygen atoms in total. The van der Waals surface area contributed by atoms with Crippen LogP contribution in [0.1, 0.15) is 22.3 Å². The van der Waals surface area contributed by atoms with Crippen molar-refractivity contribution >= 4 is 34.9 Å². The number of hydrogen-bond donors (Lipinski definition) is 5. The molecule has 1 aliphatic heterocycles. The number of benzene rings is 2. The zero-order valence-electron chi connectivity index (χ0n) is 21.2. The van der Waals surface area contributed by atoms with E-state index in [1.165, 1.54) is 12.1 Å². The van der Waals surface area contributed by atoms with Crippen LogP contribution in [-0.4, -0.2) is 85.2 Å². The molecule has 0 atom stereocenters. The Morgan fingerprint density at radius 1 is 1.00 bits per heavy atom. The molecule has 0 unspecified atom stereocenters. The van der Waals surface area contributed by atoms with E-state index < -0.39 is 67.5 Å². The maximum atomic E-state index is 14.8. The van der Waals surface area contributed by atoms with Gasteiger partial charge in [0, 0.05) is 49.9 Å². The third-order valence-electron chi connectivity index (χ3n) is 6.25. The number of urea groups is 1. The van der Waals surface area contributed by atoms with Crippen molar-refractivity contribution in [3.05, 3.63) is 58.1 Å². The van der Waals surface area contributed by atoms with Gasteiger partial charge in [0.05, 0.1) is 42.6 Å². The Morgan fingerprint density at radius 3 is 2.30 bits per heavy atom. The molecule has 0 aliphatic carbocycles. The van der Waals surface area contributed by atoms with Crippen LogP contribution in [0.3, 0.4) is 0 Å². The molecule has 15 heteroatoms.